The Hall–Kier alpha value is -2.48. The van der Waals surface area contributed by atoms with Gasteiger partial charge >= 0.3 is 0 Å². The second-order valence-electron chi connectivity index (χ2n) is 7.76. The molecular formula is C26H25N3OS3. The van der Waals surface area contributed by atoms with E-state index in [0.717, 1.165) is 39.5 Å². The van der Waals surface area contributed by atoms with Crippen molar-refractivity contribution >= 4 is 73.4 Å². The predicted octanol–water partition coefficient (Wildman–Crippen LogP) is 4.90. The first-order valence-corrected chi connectivity index (χ1v) is 13.2. The molecule has 0 bridgehead atoms. The zero-order valence-electron chi connectivity index (χ0n) is 18.9. The van der Waals surface area contributed by atoms with Crippen LogP contribution in [0, 0.1) is 0 Å². The third-order valence-electron chi connectivity index (χ3n) is 6.05. The van der Waals surface area contributed by atoms with E-state index >= 15 is 0 Å². The lowest BCUT2D eigenvalue weighted by atomic mass is 10.2. The van der Waals surface area contributed by atoms with Crippen molar-refractivity contribution < 1.29 is 4.79 Å². The molecule has 0 unspecified atom stereocenters. The van der Waals surface area contributed by atoms with Gasteiger partial charge in [-0.15, -0.1) is 0 Å². The molecule has 0 atom stereocenters. The van der Waals surface area contributed by atoms with Crippen molar-refractivity contribution in [2.24, 2.45) is 0 Å². The minimum Gasteiger partial charge on any atom is -0.340 e. The fraction of sp³-hybridized carbons (Fsp3) is 0.231. The Morgan fingerprint density at radius 3 is 2.24 bits per heavy atom. The first kappa shape index (κ1) is 22.3. The predicted molar refractivity (Wildman–Crippen MR) is 146 cm³/mol. The molecule has 3 aromatic rings. The number of hydrogen-bond acceptors (Lipinski definition) is 5. The molecule has 0 spiro atoms. The first-order valence-electron chi connectivity index (χ1n) is 11.2. The number of fused-ring (bicyclic) bond motifs is 2. The third-order valence-corrected chi connectivity index (χ3v) is 8.62. The number of amides is 1. The van der Waals surface area contributed by atoms with E-state index < -0.39 is 0 Å². The molecule has 7 heteroatoms. The van der Waals surface area contributed by atoms with Crippen molar-refractivity contribution in [2.45, 2.75) is 32.2 Å². The van der Waals surface area contributed by atoms with Gasteiger partial charge in [0.2, 0.25) is 0 Å². The maximum atomic E-state index is 13.2. The smallest absolute Gasteiger partial charge is 0.268 e. The summed E-state index contributed by atoms with van der Waals surface area (Å²) in [4.78, 5) is 19.2. The van der Waals surface area contributed by atoms with E-state index in [-0.39, 0.29) is 5.91 Å². The Morgan fingerprint density at radius 1 is 0.848 bits per heavy atom. The Kier molecular flexibility index (Phi) is 6.12. The molecule has 3 heterocycles. The van der Waals surface area contributed by atoms with Crippen LogP contribution >= 0.6 is 35.7 Å². The molecule has 0 radical (unpaired) electrons. The molecular weight excluding hydrogens is 467 g/mol. The van der Waals surface area contributed by atoms with Crippen LogP contribution in [0.25, 0.3) is 21.8 Å². The number of hydrogen-bond donors (Lipinski definition) is 0. The van der Waals surface area contributed by atoms with E-state index in [2.05, 4.69) is 77.9 Å². The van der Waals surface area contributed by atoms with Gasteiger partial charge < -0.3 is 9.47 Å². The molecule has 1 fully saturated rings. The van der Waals surface area contributed by atoms with Gasteiger partial charge in [0.05, 0.1) is 16.1 Å². The number of anilines is 1. The van der Waals surface area contributed by atoms with Crippen LogP contribution in [-0.2, 0) is 11.3 Å². The zero-order chi connectivity index (χ0) is 23.1. The first-order chi connectivity index (χ1) is 16.1. The van der Waals surface area contributed by atoms with E-state index in [1.165, 1.54) is 27.4 Å². The van der Waals surface area contributed by atoms with Crippen molar-refractivity contribution in [3.05, 3.63) is 70.3 Å². The van der Waals surface area contributed by atoms with Gasteiger partial charge in [0.1, 0.15) is 9.23 Å². The van der Waals surface area contributed by atoms with Gasteiger partial charge in [-0.05, 0) is 45.1 Å². The number of para-hydroxylation sites is 1. The summed E-state index contributed by atoms with van der Waals surface area (Å²) >= 11 is 8.72. The number of thiocarbonyl (C=S) groups is 1. The summed E-state index contributed by atoms with van der Waals surface area (Å²) in [6.45, 7) is 8.55. The van der Waals surface area contributed by atoms with Crippen molar-refractivity contribution in [1.29, 1.82) is 0 Å². The highest BCUT2D eigenvalue weighted by atomic mass is 32.2. The average Bonchev–Trinajstić information content (AvgIpc) is 3.45. The summed E-state index contributed by atoms with van der Waals surface area (Å²) in [5, 5.41) is 5.54. The molecule has 1 saturated heterocycles. The van der Waals surface area contributed by atoms with Crippen molar-refractivity contribution in [3.8, 4) is 0 Å². The summed E-state index contributed by atoms with van der Waals surface area (Å²) < 4.78 is 2.89. The molecule has 1 amide bonds. The fourth-order valence-corrected chi connectivity index (χ4v) is 7.15. The van der Waals surface area contributed by atoms with E-state index in [9.17, 15) is 4.79 Å². The average molecular weight is 492 g/mol. The molecule has 2 aromatic carbocycles. The quantitative estimate of drug-likeness (QED) is 0.484. The highest BCUT2D eigenvalue weighted by molar-refractivity contribution is 8.30. The van der Waals surface area contributed by atoms with Crippen molar-refractivity contribution in [2.75, 3.05) is 18.0 Å². The van der Waals surface area contributed by atoms with Crippen LogP contribution in [0.1, 0.15) is 20.8 Å². The highest BCUT2D eigenvalue weighted by Crippen LogP contribution is 2.45. The molecule has 33 heavy (non-hydrogen) atoms. The van der Waals surface area contributed by atoms with Crippen LogP contribution in [0.5, 0.6) is 0 Å². The maximum absolute atomic E-state index is 13.2. The third kappa shape index (κ3) is 3.63. The lowest BCUT2D eigenvalue weighted by molar-refractivity contribution is -0.120. The van der Waals surface area contributed by atoms with Gasteiger partial charge in [0.25, 0.3) is 5.91 Å². The number of carbonyl (C=O) groups is 1. The van der Waals surface area contributed by atoms with Gasteiger partial charge in [-0.1, -0.05) is 72.1 Å². The summed E-state index contributed by atoms with van der Waals surface area (Å²) in [6, 6.07) is 16.9. The zero-order valence-corrected chi connectivity index (χ0v) is 21.3. The molecule has 0 N–H and O–H groups in total. The Morgan fingerprint density at radius 2 is 1.55 bits per heavy atom. The summed E-state index contributed by atoms with van der Waals surface area (Å²) in [6.07, 6.45) is 4.41. The largest absolute Gasteiger partial charge is 0.340 e. The maximum Gasteiger partial charge on any atom is 0.268 e. The summed E-state index contributed by atoms with van der Waals surface area (Å²) in [7, 11) is 0. The molecule has 168 valence electrons. The van der Waals surface area contributed by atoms with Crippen LogP contribution < -0.4 is 15.6 Å². The number of aromatic nitrogens is 1. The van der Waals surface area contributed by atoms with E-state index in [0.29, 0.717) is 10.9 Å². The van der Waals surface area contributed by atoms with Crippen LogP contribution in [-0.4, -0.2) is 32.8 Å². The number of allylic oxidation sites excluding steroid dienone is 1. The van der Waals surface area contributed by atoms with Gasteiger partial charge in [-0.3, -0.25) is 9.69 Å². The molecule has 4 nitrogen and oxygen atoms in total. The molecule has 2 aliphatic heterocycles. The monoisotopic (exact) mass is 491 g/mol. The van der Waals surface area contributed by atoms with Gasteiger partial charge in [-0.2, -0.15) is 0 Å². The van der Waals surface area contributed by atoms with Crippen molar-refractivity contribution in [1.82, 2.24) is 9.47 Å². The number of carbonyl (C=O) groups excluding carboxylic acids is 1. The van der Waals surface area contributed by atoms with Crippen LogP contribution in [0.3, 0.4) is 0 Å². The molecule has 2 aliphatic rings. The summed E-state index contributed by atoms with van der Waals surface area (Å²) in [5.74, 6) is 0.00862. The van der Waals surface area contributed by atoms with Gasteiger partial charge in [-0.25, -0.2) is 0 Å². The summed E-state index contributed by atoms with van der Waals surface area (Å²) in [5.41, 5.74) is 1.26. The lowest BCUT2D eigenvalue weighted by Crippen LogP contribution is -2.32. The number of nitrogens with zero attached hydrogens (tertiary/aromatic N) is 3. The number of thioether (sulfide) groups is 2. The van der Waals surface area contributed by atoms with Crippen LogP contribution in [0.4, 0.5) is 5.69 Å². The molecule has 0 aliphatic carbocycles. The van der Waals surface area contributed by atoms with Crippen LogP contribution in [0.15, 0.2) is 64.5 Å². The van der Waals surface area contributed by atoms with E-state index in [1.54, 1.807) is 16.7 Å². The molecule has 1 aromatic heterocycles. The second-order valence-corrected chi connectivity index (χ2v) is 10.5. The highest BCUT2D eigenvalue weighted by Gasteiger charge is 2.33. The fourth-order valence-electron chi connectivity index (χ4n) is 4.54. The minimum absolute atomic E-state index is 0.00862. The van der Waals surface area contributed by atoms with Crippen LogP contribution in [0.2, 0.25) is 0 Å². The van der Waals surface area contributed by atoms with Gasteiger partial charge in [0.15, 0.2) is 0 Å². The van der Waals surface area contributed by atoms with Crippen molar-refractivity contribution in [3.63, 3.8) is 0 Å². The molecule has 5 rings (SSSR count). The Labute approximate surface area is 207 Å². The number of benzene rings is 2. The second kappa shape index (κ2) is 9.05. The number of rotatable bonds is 4. The van der Waals surface area contributed by atoms with E-state index in [1.807, 2.05) is 13.0 Å². The van der Waals surface area contributed by atoms with E-state index in [4.69, 9.17) is 12.2 Å². The minimum atomic E-state index is 0.00862. The molecule has 0 saturated carbocycles. The normalized spacial score (nSPS) is 19.5. The van der Waals surface area contributed by atoms with Gasteiger partial charge in [0, 0.05) is 40.7 Å². The standard InChI is InChI=1S/C26H25N3OS3/c1-4-27-20-13-9-10-14-21(20)32-22(27)16-15-19-17-11-7-8-12-18(17)23(28(19)5-2)24-25(30)29(6-3)26(31)33-24/h7-16H,4-6H2,1-3H3. The topological polar surface area (TPSA) is 28.5 Å². The Bertz CT molecular complexity index is 1440. The lowest BCUT2D eigenvalue weighted by Gasteiger charge is -2.17. The SMILES string of the molecule is CCN1C(=O)C(=c2c3ccccc3c(=CC=C3Sc4ccccc4N3CC)n2CC)SC1=S. The Balaban J connectivity index is 1.74.